The lowest BCUT2D eigenvalue weighted by Crippen LogP contribution is -2.42. The molecule has 15 heavy (non-hydrogen) atoms. The lowest BCUT2D eigenvalue weighted by Gasteiger charge is -2.30. The van der Waals surface area contributed by atoms with E-state index in [0.717, 1.165) is 19.4 Å². The molecule has 0 spiro atoms. The molecule has 2 aliphatic heterocycles. The maximum absolute atomic E-state index is 12.1. The second kappa shape index (κ2) is 4.31. The minimum Gasteiger partial charge on any atom is -0.383 e. The van der Waals surface area contributed by atoms with E-state index in [1.54, 1.807) is 7.11 Å². The van der Waals surface area contributed by atoms with Crippen molar-refractivity contribution in [1.29, 1.82) is 0 Å². The first kappa shape index (κ1) is 11.2. The fourth-order valence-corrected chi connectivity index (χ4v) is 2.97. The molecule has 1 unspecified atom stereocenters. The number of nitrogens with zero attached hydrogens (tertiary/aromatic N) is 1. The monoisotopic (exact) mass is 221 g/mol. The number of halogens is 2. The van der Waals surface area contributed by atoms with Gasteiger partial charge in [-0.3, -0.25) is 4.90 Å². The Hall–Kier alpha value is -0.260. The first-order valence-corrected chi connectivity index (χ1v) is 5.34. The summed E-state index contributed by atoms with van der Waals surface area (Å²) in [6, 6.07) is 0. The van der Waals surface area contributed by atoms with Crippen LogP contribution in [0.2, 0.25) is 0 Å². The van der Waals surface area contributed by atoms with Gasteiger partial charge in [0.1, 0.15) is 0 Å². The van der Waals surface area contributed by atoms with Crippen molar-refractivity contribution in [3.05, 3.63) is 0 Å². The van der Waals surface area contributed by atoms with Crippen LogP contribution in [-0.4, -0.2) is 50.0 Å². The molecule has 2 fully saturated rings. The zero-order valence-electron chi connectivity index (χ0n) is 8.92. The van der Waals surface area contributed by atoms with Crippen LogP contribution in [0.25, 0.3) is 0 Å². The van der Waals surface area contributed by atoms with E-state index in [1.165, 1.54) is 0 Å². The molecule has 0 aliphatic carbocycles. The molecule has 0 saturated carbocycles. The lowest BCUT2D eigenvalue weighted by atomic mass is 9.94. The summed E-state index contributed by atoms with van der Waals surface area (Å²) >= 11 is 0. The number of alkyl halides is 2. The lowest BCUT2D eigenvalue weighted by molar-refractivity contribution is -0.159. The van der Waals surface area contributed by atoms with E-state index in [9.17, 15) is 8.78 Å². The van der Waals surface area contributed by atoms with Crippen LogP contribution in [0.1, 0.15) is 19.3 Å². The third-order valence-corrected chi connectivity index (χ3v) is 3.48. The van der Waals surface area contributed by atoms with E-state index < -0.39 is 6.61 Å². The third kappa shape index (κ3) is 2.14. The Morgan fingerprint density at radius 1 is 1.53 bits per heavy atom. The molecule has 0 aromatic rings. The second-order valence-electron chi connectivity index (χ2n) is 4.43. The largest absolute Gasteiger partial charge is 0.383 e. The standard InChI is InChI=1S/C10H17F2NO2/c1-14-7-10-3-2-4-13(10)6-8(5-10)15-9(11)12/h8-9H,2-7H2,1H3/t8?,10-/m0/s1. The van der Waals surface area contributed by atoms with Crippen molar-refractivity contribution in [2.24, 2.45) is 0 Å². The molecule has 2 rings (SSSR count). The van der Waals surface area contributed by atoms with Crippen molar-refractivity contribution in [2.45, 2.75) is 37.5 Å². The first-order chi connectivity index (χ1) is 7.16. The quantitative estimate of drug-likeness (QED) is 0.717. The summed E-state index contributed by atoms with van der Waals surface area (Å²) in [7, 11) is 1.66. The minimum atomic E-state index is -2.66. The van der Waals surface area contributed by atoms with Gasteiger partial charge >= 0.3 is 6.61 Å². The predicted octanol–water partition coefficient (Wildman–Crippen LogP) is 1.48. The molecule has 0 radical (unpaired) electrons. The Morgan fingerprint density at radius 2 is 2.33 bits per heavy atom. The van der Waals surface area contributed by atoms with Crippen molar-refractivity contribution in [1.82, 2.24) is 4.90 Å². The fraction of sp³-hybridized carbons (Fsp3) is 1.00. The summed E-state index contributed by atoms with van der Waals surface area (Å²) in [4.78, 5) is 2.24. The molecular weight excluding hydrogens is 204 g/mol. The highest BCUT2D eigenvalue weighted by molar-refractivity contribution is 5.03. The molecule has 88 valence electrons. The van der Waals surface area contributed by atoms with E-state index in [1.807, 2.05) is 0 Å². The van der Waals surface area contributed by atoms with E-state index in [2.05, 4.69) is 9.64 Å². The third-order valence-electron chi connectivity index (χ3n) is 3.48. The normalized spacial score (nSPS) is 36.4. The van der Waals surface area contributed by atoms with Gasteiger partial charge in [0.2, 0.25) is 0 Å². The van der Waals surface area contributed by atoms with Crippen LogP contribution in [0.3, 0.4) is 0 Å². The number of ether oxygens (including phenoxy) is 2. The molecule has 0 aromatic heterocycles. The van der Waals surface area contributed by atoms with Crippen molar-refractivity contribution < 1.29 is 18.3 Å². The van der Waals surface area contributed by atoms with E-state index >= 15 is 0 Å². The zero-order valence-corrected chi connectivity index (χ0v) is 8.92. The van der Waals surface area contributed by atoms with E-state index in [4.69, 9.17) is 4.74 Å². The molecule has 0 aromatic carbocycles. The highest BCUT2D eigenvalue weighted by atomic mass is 19.3. The molecular formula is C10H17F2NO2. The summed E-state index contributed by atoms with van der Waals surface area (Å²) in [6.07, 6.45) is 2.50. The molecule has 0 amide bonds. The Labute approximate surface area is 88.3 Å². The minimum absolute atomic E-state index is 0.0334. The van der Waals surface area contributed by atoms with Gasteiger partial charge in [-0.05, 0) is 25.8 Å². The van der Waals surface area contributed by atoms with Crippen molar-refractivity contribution >= 4 is 0 Å². The van der Waals surface area contributed by atoms with E-state index in [0.29, 0.717) is 19.6 Å². The van der Waals surface area contributed by atoms with Crippen molar-refractivity contribution in [2.75, 3.05) is 26.8 Å². The summed E-state index contributed by atoms with van der Waals surface area (Å²) in [5.41, 5.74) is -0.0334. The summed E-state index contributed by atoms with van der Waals surface area (Å²) < 4.78 is 34.0. The van der Waals surface area contributed by atoms with Gasteiger partial charge in [0.05, 0.1) is 12.7 Å². The fourth-order valence-electron chi connectivity index (χ4n) is 2.97. The van der Waals surface area contributed by atoms with Crippen LogP contribution in [0.5, 0.6) is 0 Å². The molecule has 3 nitrogen and oxygen atoms in total. The number of rotatable bonds is 4. The van der Waals surface area contributed by atoms with Gasteiger partial charge in [-0.1, -0.05) is 0 Å². The van der Waals surface area contributed by atoms with Crippen LogP contribution in [0, 0.1) is 0 Å². The maximum atomic E-state index is 12.1. The van der Waals surface area contributed by atoms with Crippen molar-refractivity contribution in [3.8, 4) is 0 Å². The average molecular weight is 221 g/mol. The first-order valence-electron chi connectivity index (χ1n) is 5.34. The molecule has 0 N–H and O–H groups in total. The van der Waals surface area contributed by atoms with Crippen LogP contribution in [-0.2, 0) is 9.47 Å². The summed E-state index contributed by atoms with van der Waals surface area (Å²) in [6.45, 7) is -0.439. The highest BCUT2D eigenvalue weighted by Crippen LogP contribution is 2.40. The molecule has 2 aliphatic rings. The molecule has 2 atom stereocenters. The summed E-state index contributed by atoms with van der Waals surface area (Å²) in [5.74, 6) is 0. The topological polar surface area (TPSA) is 21.7 Å². The SMILES string of the molecule is COC[C@@]12CCCN1CC(OC(F)F)C2. The van der Waals surface area contributed by atoms with Gasteiger partial charge in [-0.15, -0.1) is 0 Å². The van der Waals surface area contributed by atoms with Crippen LogP contribution < -0.4 is 0 Å². The van der Waals surface area contributed by atoms with Gasteiger partial charge < -0.3 is 9.47 Å². The molecule has 5 heteroatoms. The van der Waals surface area contributed by atoms with Gasteiger partial charge in [-0.25, -0.2) is 0 Å². The van der Waals surface area contributed by atoms with E-state index in [-0.39, 0.29) is 11.6 Å². The number of hydrogen-bond donors (Lipinski definition) is 0. The molecule has 2 heterocycles. The number of fused-ring (bicyclic) bond motifs is 1. The van der Waals surface area contributed by atoms with Crippen LogP contribution in [0.15, 0.2) is 0 Å². The highest BCUT2D eigenvalue weighted by Gasteiger charge is 2.49. The van der Waals surface area contributed by atoms with Crippen LogP contribution >= 0.6 is 0 Å². The van der Waals surface area contributed by atoms with Gasteiger partial charge in [0, 0.05) is 19.2 Å². The molecule has 0 bridgehead atoms. The number of methoxy groups -OCH3 is 1. The Balaban J connectivity index is 1.97. The zero-order chi connectivity index (χ0) is 10.9. The van der Waals surface area contributed by atoms with Crippen LogP contribution in [0.4, 0.5) is 8.78 Å². The Morgan fingerprint density at radius 3 is 3.00 bits per heavy atom. The van der Waals surface area contributed by atoms with Gasteiger partial charge in [0.15, 0.2) is 0 Å². The Kier molecular flexibility index (Phi) is 3.23. The van der Waals surface area contributed by atoms with Gasteiger partial charge in [-0.2, -0.15) is 8.78 Å². The van der Waals surface area contributed by atoms with Crippen molar-refractivity contribution in [3.63, 3.8) is 0 Å². The Bertz CT molecular complexity index is 227. The predicted molar refractivity (Wildman–Crippen MR) is 50.9 cm³/mol. The second-order valence-corrected chi connectivity index (χ2v) is 4.43. The summed E-state index contributed by atoms with van der Waals surface area (Å²) in [5, 5.41) is 0. The number of hydrogen-bond acceptors (Lipinski definition) is 3. The average Bonchev–Trinajstić information content (AvgIpc) is 2.59. The maximum Gasteiger partial charge on any atom is 0.345 e. The van der Waals surface area contributed by atoms with Gasteiger partial charge in [0.25, 0.3) is 0 Å². The molecule has 2 saturated heterocycles. The smallest absolute Gasteiger partial charge is 0.345 e.